The molecule has 0 radical (unpaired) electrons. The highest BCUT2D eigenvalue weighted by Gasteiger charge is 2.43. The highest BCUT2D eigenvalue weighted by Crippen LogP contribution is 2.38. The van der Waals surface area contributed by atoms with Crippen LogP contribution in [0.3, 0.4) is 0 Å². The van der Waals surface area contributed by atoms with Crippen molar-refractivity contribution in [3.05, 3.63) is 28.5 Å². The van der Waals surface area contributed by atoms with Crippen molar-refractivity contribution in [3.8, 4) is 0 Å². The van der Waals surface area contributed by atoms with Crippen LogP contribution < -0.4 is 0 Å². The summed E-state index contributed by atoms with van der Waals surface area (Å²) in [4.78, 5) is 4.41. The molecule has 1 unspecified atom stereocenters. The molecule has 0 amide bonds. The van der Waals surface area contributed by atoms with Crippen molar-refractivity contribution in [2.45, 2.75) is 18.4 Å². The van der Waals surface area contributed by atoms with E-state index in [-0.39, 0.29) is 5.60 Å². The average Bonchev–Trinajstić information content (AvgIpc) is 2.69. The second-order valence-electron chi connectivity index (χ2n) is 4.04. The van der Waals surface area contributed by atoms with Gasteiger partial charge in [0.2, 0.25) is 0 Å². The van der Waals surface area contributed by atoms with E-state index in [0.29, 0.717) is 11.8 Å². The molecule has 1 aromatic rings. The van der Waals surface area contributed by atoms with Crippen LogP contribution in [-0.4, -0.2) is 24.8 Å². The molecule has 80 valence electrons. The Balaban J connectivity index is 2.12. The minimum absolute atomic E-state index is 0.321. The van der Waals surface area contributed by atoms with Gasteiger partial charge in [-0.25, -0.2) is 4.98 Å². The van der Waals surface area contributed by atoms with E-state index >= 15 is 0 Å². The zero-order valence-electron chi connectivity index (χ0n) is 8.33. The molecule has 0 saturated carbocycles. The fourth-order valence-electron chi connectivity index (χ4n) is 2.33. The molecule has 0 bridgehead atoms. The molecule has 2 aliphatic rings. The molecule has 1 fully saturated rings. The van der Waals surface area contributed by atoms with Gasteiger partial charge in [-0.1, -0.05) is 17.7 Å². The summed E-state index contributed by atoms with van der Waals surface area (Å²) in [6.45, 7) is 2.10. The zero-order chi connectivity index (χ0) is 10.3. The molecule has 3 nitrogen and oxygen atoms in total. The average molecular weight is 226 g/mol. The fraction of sp³-hybridized carbons (Fsp3) is 0.545. The number of nitrogens with zero attached hydrogens (tertiary/aromatic N) is 1. The van der Waals surface area contributed by atoms with Gasteiger partial charge in [-0.2, -0.15) is 0 Å². The number of ether oxygens (including phenoxy) is 2. The number of rotatable bonds is 0. The first-order valence-corrected chi connectivity index (χ1v) is 5.56. The predicted molar refractivity (Wildman–Crippen MR) is 56.0 cm³/mol. The second-order valence-corrected chi connectivity index (χ2v) is 4.42. The molecule has 4 heteroatoms. The maximum absolute atomic E-state index is 5.93. The monoisotopic (exact) mass is 225 g/mol. The first-order chi connectivity index (χ1) is 7.30. The van der Waals surface area contributed by atoms with Crippen molar-refractivity contribution >= 4 is 11.6 Å². The van der Waals surface area contributed by atoms with Gasteiger partial charge in [0, 0.05) is 13.0 Å². The van der Waals surface area contributed by atoms with E-state index in [9.17, 15) is 0 Å². The Hall–Kier alpha value is -0.640. The molecule has 2 aliphatic heterocycles. The fourth-order valence-corrected chi connectivity index (χ4v) is 2.48. The number of hydrogen-bond donors (Lipinski definition) is 0. The van der Waals surface area contributed by atoms with Gasteiger partial charge in [-0.05, 0) is 18.1 Å². The molecular formula is C11H12ClNO2. The zero-order valence-corrected chi connectivity index (χ0v) is 9.09. The van der Waals surface area contributed by atoms with Gasteiger partial charge in [0.1, 0.15) is 10.8 Å². The smallest absolute Gasteiger partial charge is 0.136 e. The molecule has 1 spiro atoms. The summed E-state index contributed by atoms with van der Waals surface area (Å²) < 4.78 is 11.3. The van der Waals surface area contributed by atoms with Crippen molar-refractivity contribution in [1.29, 1.82) is 0 Å². The minimum Gasteiger partial charge on any atom is -0.378 e. The lowest BCUT2D eigenvalue weighted by molar-refractivity contribution is -0.0665. The van der Waals surface area contributed by atoms with E-state index in [2.05, 4.69) is 4.98 Å². The van der Waals surface area contributed by atoms with E-state index < -0.39 is 0 Å². The standard InChI is InChI=1S/C11H12ClNO2/c12-9-2-1-8-3-5-15-11(10(8)13-9)4-6-14-7-11/h1-2H,3-7H2. The summed E-state index contributed by atoms with van der Waals surface area (Å²) in [6, 6.07) is 3.89. The van der Waals surface area contributed by atoms with Crippen molar-refractivity contribution in [2.24, 2.45) is 0 Å². The summed E-state index contributed by atoms with van der Waals surface area (Å²) in [5, 5.41) is 0.533. The Morgan fingerprint density at radius 2 is 2.27 bits per heavy atom. The van der Waals surface area contributed by atoms with Gasteiger partial charge >= 0.3 is 0 Å². The molecule has 15 heavy (non-hydrogen) atoms. The SMILES string of the molecule is Clc1ccc2c(n1)C1(CCOC1)OCC2. The molecular weight excluding hydrogens is 214 g/mol. The van der Waals surface area contributed by atoms with Gasteiger partial charge in [-0.15, -0.1) is 0 Å². The highest BCUT2D eigenvalue weighted by molar-refractivity contribution is 6.29. The number of aromatic nitrogens is 1. The summed E-state index contributed by atoms with van der Waals surface area (Å²) in [7, 11) is 0. The Labute approximate surface area is 93.4 Å². The van der Waals surface area contributed by atoms with Crippen LogP contribution in [-0.2, 0) is 21.5 Å². The van der Waals surface area contributed by atoms with Gasteiger partial charge in [0.25, 0.3) is 0 Å². The summed E-state index contributed by atoms with van der Waals surface area (Å²) in [5.41, 5.74) is 1.91. The molecule has 0 aliphatic carbocycles. The van der Waals surface area contributed by atoms with E-state index in [1.807, 2.05) is 12.1 Å². The number of hydrogen-bond acceptors (Lipinski definition) is 3. The van der Waals surface area contributed by atoms with Crippen LogP contribution >= 0.6 is 11.6 Å². The molecule has 1 saturated heterocycles. The van der Waals surface area contributed by atoms with Crippen molar-refractivity contribution < 1.29 is 9.47 Å². The third-order valence-electron chi connectivity index (χ3n) is 3.11. The Morgan fingerprint density at radius 3 is 3.07 bits per heavy atom. The third kappa shape index (κ3) is 1.46. The Morgan fingerprint density at radius 1 is 1.33 bits per heavy atom. The van der Waals surface area contributed by atoms with Gasteiger partial charge in [0.05, 0.1) is 18.9 Å². The molecule has 1 aromatic heterocycles. The van der Waals surface area contributed by atoms with Crippen LogP contribution in [0, 0.1) is 0 Å². The number of pyridine rings is 1. The largest absolute Gasteiger partial charge is 0.378 e. The van der Waals surface area contributed by atoms with Crippen LogP contribution in [0.4, 0.5) is 0 Å². The normalized spacial score (nSPS) is 29.4. The first kappa shape index (κ1) is 9.58. The van der Waals surface area contributed by atoms with Gasteiger partial charge in [-0.3, -0.25) is 0 Å². The van der Waals surface area contributed by atoms with Crippen molar-refractivity contribution in [3.63, 3.8) is 0 Å². The van der Waals surface area contributed by atoms with Crippen LogP contribution in [0.25, 0.3) is 0 Å². The van der Waals surface area contributed by atoms with Gasteiger partial charge < -0.3 is 9.47 Å². The first-order valence-electron chi connectivity index (χ1n) is 5.18. The van der Waals surface area contributed by atoms with Crippen LogP contribution in [0.15, 0.2) is 12.1 Å². The minimum atomic E-state index is -0.321. The van der Waals surface area contributed by atoms with Gasteiger partial charge in [0.15, 0.2) is 0 Å². The summed E-state index contributed by atoms with van der Waals surface area (Å²) >= 11 is 5.93. The molecule has 0 aromatic carbocycles. The van der Waals surface area contributed by atoms with Crippen molar-refractivity contribution in [1.82, 2.24) is 4.98 Å². The van der Waals surface area contributed by atoms with E-state index in [1.54, 1.807) is 0 Å². The molecule has 3 rings (SSSR count). The topological polar surface area (TPSA) is 31.4 Å². The van der Waals surface area contributed by atoms with Crippen LogP contribution in [0.1, 0.15) is 17.7 Å². The number of halogens is 1. The maximum atomic E-state index is 5.93. The Bertz CT molecular complexity index is 388. The second kappa shape index (κ2) is 3.44. The number of fused-ring (bicyclic) bond motifs is 2. The summed E-state index contributed by atoms with van der Waals surface area (Å²) in [5.74, 6) is 0. The lowest BCUT2D eigenvalue weighted by Gasteiger charge is -2.33. The lowest BCUT2D eigenvalue weighted by atomic mass is 9.90. The molecule has 0 N–H and O–H groups in total. The molecule has 1 atom stereocenters. The van der Waals surface area contributed by atoms with Crippen LogP contribution in [0.2, 0.25) is 5.15 Å². The molecule has 3 heterocycles. The Kier molecular flexibility index (Phi) is 2.20. The van der Waals surface area contributed by atoms with E-state index in [0.717, 1.165) is 31.7 Å². The van der Waals surface area contributed by atoms with Crippen LogP contribution in [0.5, 0.6) is 0 Å². The quantitative estimate of drug-likeness (QED) is 0.633. The highest BCUT2D eigenvalue weighted by atomic mass is 35.5. The van der Waals surface area contributed by atoms with E-state index in [1.165, 1.54) is 5.56 Å². The lowest BCUT2D eigenvalue weighted by Crippen LogP contribution is -2.37. The van der Waals surface area contributed by atoms with Crippen molar-refractivity contribution in [2.75, 3.05) is 19.8 Å². The maximum Gasteiger partial charge on any atom is 0.136 e. The van der Waals surface area contributed by atoms with E-state index in [4.69, 9.17) is 21.1 Å². The summed E-state index contributed by atoms with van der Waals surface area (Å²) in [6.07, 6.45) is 1.80. The third-order valence-corrected chi connectivity index (χ3v) is 3.32. The predicted octanol–water partition coefficient (Wildman–Crippen LogP) is 1.92.